The summed E-state index contributed by atoms with van der Waals surface area (Å²) in [6.07, 6.45) is 7.94. The molecule has 3 aliphatic rings. The molecular formula is C29H29N5O2. The van der Waals surface area contributed by atoms with Gasteiger partial charge in [0.25, 0.3) is 11.8 Å². The number of aryl methyl sites for hydroxylation is 1. The molecule has 2 bridgehead atoms. The van der Waals surface area contributed by atoms with Crippen molar-refractivity contribution < 1.29 is 9.59 Å². The Bertz CT molecular complexity index is 1420. The molecule has 2 aromatic heterocycles. The summed E-state index contributed by atoms with van der Waals surface area (Å²) >= 11 is 0. The number of rotatable bonds is 5. The maximum Gasteiger partial charge on any atom is 0.256 e. The number of hydrogen-bond donors (Lipinski definition) is 3. The van der Waals surface area contributed by atoms with Crippen LogP contribution in [0, 0.1) is 18.8 Å². The lowest BCUT2D eigenvalue weighted by Gasteiger charge is -2.42. The number of nitrogens with one attached hydrogen (secondary N) is 3. The number of pyridine rings is 1. The van der Waals surface area contributed by atoms with Crippen molar-refractivity contribution in [3.05, 3.63) is 77.5 Å². The molecule has 36 heavy (non-hydrogen) atoms. The average molecular weight is 480 g/mol. The van der Waals surface area contributed by atoms with Gasteiger partial charge in [-0.1, -0.05) is 31.0 Å². The highest BCUT2D eigenvalue weighted by molar-refractivity contribution is 6.04. The lowest BCUT2D eigenvalue weighted by Crippen LogP contribution is -2.47. The molecule has 2 amide bonds. The van der Waals surface area contributed by atoms with Crippen molar-refractivity contribution >= 4 is 28.7 Å². The Kier molecular flexibility index (Phi) is 5.76. The molecule has 3 saturated carbocycles. The normalized spacial score (nSPS) is 20.9. The van der Waals surface area contributed by atoms with Crippen molar-refractivity contribution in [1.29, 1.82) is 0 Å². The van der Waals surface area contributed by atoms with E-state index in [1.165, 1.54) is 25.7 Å². The summed E-state index contributed by atoms with van der Waals surface area (Å²) in [5.74, 6) is 2.38. The fourth-order valence-electron chi connectivity index (χ4n) is 5.60. The second kappa shape index (κ2) is 9.22. The van der Waals surface area contributed by atoms with E-state index in [1.54, 1.807) is 24.4 Å². The lowest BCUT2D eigenvalue weighted by atomic mass is 9.68. The van der Waals surface area contributed by atoms with Gasteiger partial charge in [-0.15, -0.1) is 0 Å². The summed E-state index contributed by atoms with van der Waals surface area (Å²) in [5.41, 5.74) is 4.69. The van der Waals surface area contributed by atoms with Crippen molar-refractivity contribution in [1.82, 2.24) is 20.3 Å². The van der Waals surface area contributed by atoms with Gasteiger partial charge >= 0.3 is 0 Å². The maximum atomic E-state index is 13.0. The van der Waals surface area contributed by atoms with Gasteiger partial charge in [0.05, 0.1) is 11.0 Å². The molecule has 182 valence electrons. The number of carbonyl (C=O) groups is 2. The summed E-state index contributed by atoms with van der Waals surface area (Å²) in [6, 6.07) is 16.8. The van der Waals surface area contributed by atoms with Crippen LogP contribution < -0.4 is 10.6 Å². The lowest BCUT2D eigenvalue weighted by molar-refractivity contribution is 0.0810. The van der Waals surface area contributed by atoms with Crippen molar-refractivity contribution in [2.24, 2.45) is 11.8 Å². The van der Waals surface area contributed by atoms with Crippen molar-refractivity contribution in [2.45, 2.75) is 45.1 Å². The SMILES string of the molecule is Cc1ccc(NC(=O)c2ccc(-c3nc4ccc(C(=O)NC5CC6CCC5CC6)cc4[nH]3)cc2)nc1. The molecule has 0 saturated heterocycles. The molecule has 3 fully saturated rings. The zero-order valence-electron chi connectivity index (χ0n) is 20.3. The first-order valence-corrected chi connectivity index (χ1v) is 12.7. The summed E-state index contributed by atoms with van der Waals surface area (Å²) in [5, 5.41) is 6.10. The number of amides is 2. The van der Waals surface area contributed by atoms with E-state index in [9.17, 15) is 9.59 Å². The fraction of sp³-hybridized carbons (Fsp3) is 0.310. The first-order valence-electron chi connectivity index (χ1n) is 12.7. The second-order valence-electron chi connectivity index (χ2n) is 10.2. The Balaban J connectivity index is 1.15. The van der Waals surface area contributed by atoms with E-state index in [0.717, 1.165) is 34.5 Å². The summed E-state index contributed by atoms with van der Waals surface area (Å²) in [7, 11) is 0. The highest BCUT2D eigenvalue weighted by Crippen LogP contribution is 2.41. The third-order valence-corrected chi connectivity index (χ3v) is 7.68. The van der Waals surface area contributed by atoms with Crippen LogP contribution in [0.4, 0.5) is 5.82 Å². The zero-order chi connectivity index (χ0) is 24.6. The molecule has 3 N–H and O–H groups in total. The number of imidazole rings is 1. The minimum atomic E-state index is -0.218. The van der Waals surface area contributed by atoms with Gasteiger partial charge in [0.1, 0.15) is 11.6 Å². The van der Waals surface area contributed by atoms with Crippen LogP contribution in [0.5, 0.6) is 0 Å². The number of aromatic nitrogens is 3. The van der Waals surface area contributed by atoms with Gasteiger partial charge in [0, 0.05) is 28.9 Å². The second-order valence-corrected chi connectivity index (χ2v) is 10.2. The molecule has 0 spiro atoms. The zero-order valence-corrected chi connectivity index (χ0v) is 20.3. The van der Waals surface area contributed by atoms with Gasteiger partial charge in [0.15, 0.2) is 0 Å². The highest BCUT2D eigenvalue weighted by Gasteiger charge is 2.36. The number of aromatic amines is 1. The Morgan fingerprint density at radius 3 is 2.39 bits per heavy atom. The van der Waals surface area contributed by atoms with Gasteiger partial charge in [-0.3, -0.25) is 9.59 Å². The Hall–Kier alpha value is -4.00. The minimum absolute atomic E-state index is 0.0102. The molecule has 4 aromatic rings. The van der Waals surface area contributed by atoms with Crippen LogP contribution in [0.1, 0.15) is 58.4 Å². The maximum absolute atomic E-state index is 13.0. The highest BCUT2D eigenvalue weighted by atomic mass is 16.2. The molecule has 0 aliphatic heterocycles. The molecule has 7 heteroatoms. The third kappa shape index (κ3) is 4.49. The quantitative estimate of drug-likeness (QED) is 0.352. The van der Waals surface area contributed by atoms with Crippen molar-refractivity contribution in [2.75, 3.05) is 5.32 Å². The molecule has 0 radical (unpaired) electrons. The van der Waals surface area contributed by atoms with E-state index in [2.05, 4.69) is 25.6 Å². The van der Waals surface area contributed by atoms with E-state index >= 15 is 0 Å². The number of benzene rings is 2. The number of hydrogen-bond acceptors (Lipinski definition) is 4. The summed E-state index contributed by atoms with van der Waals surface area (Å²) < 4.78 is 0. The number of carbonyl (C=O) groups excluding carboxylic acids is 2. The van der Waals surface area contributed by atoms with Crippen LogP contribution in [0.15, 0.2) is 60.8 Å². The van der Waals surface area contributed by atoms with Gasteiger partial charge in [0.2, 0.25) is 0 Å². The number of H-pyrrole nitrogens is 1. The van der Waals surface area contributed by atoms with Gasteiger partial charge in [-0.25, -0.2) is 9.97 Å². The molecule has 7 rings (SSSR count). The number of anilines is 1. The van der Waals surface area contributed by atoms with Crippen molar-refractivity contribution in [3.8, 4) is 11.4 Å². The molecule has 2 heterocycles. The molecule has 1 unspecified atom stereocenters. The van der Waals surface area contributed by atoms with Crippen LogP contribution in [-0.2, 0) is 0 Å². The third-order valence-electron chi connectivity index (χ3n) is 7.68. The molecule has 3 aliphatic carbocycles. The molecular weight excluding hydrogens is 450 g/mol. The Morgan fingerprint density at radius 2 is 1.69 bits per heavy atom. The van der Waals surface area contributed by atoms with Crippen LogP contribution in [-0.4, -0.2) is 32.8 Å². The average Bonchev–Trinajstić information content (AvgIpc) is 3.34. The minimum Gasteiger partial charge on any atom is -0.349 e. The predicted molar refractivity (Wildman–Crippen MR) is 140 cm³/mol. The molecule has 1 atom stereocenters. The van der Waals surface area contributed by atoms with Gasteiger partial charge < -0.3 is 15.6 Å². The van der Waals surface area contributed by atoms with Crippen molar-refractivity contribution in [3.63, 3.8) is 0 Å². The molecule has 2 aromatic carbocycles. The summed E-state index contributed by atoms with van der Waals surface area (Å²) in [4.78, 5) is 37.8. The van der Waals surface area contributed by atoms with E-state index in [0.29, 0.717) is 34.7 Å². The molecule has 7 nitrogen and oxygen atoms in total. The fourth-order valence-corrected chi connectivity index (χ4v) is 5.60. The monoisotopic (exact) mass is 479 g/mol. The first-order chi connectivity index (χ1) is 17.5. The van der Waals surface area contributed by atoms with E-state index in [-0.39, 0.29) is 11.8 Å². The van der Waals surface area contributed by atoms with Crippen LogP contribution in [0.25, 0.3) is 22.4 Å². The number of nitrogens with zero attached hydrogens (tertiary/aromatic N) is 2. The van der Waals surface area contributed by atoms with Crippen LogP contribution in [0.2, 0.25) is 0 Å². The standard InChI is InChI=1S/C29H29N5O2/c1-17-2-13-26(30-16-17)34-28(35)21-9-7-20(8-10-21)27-31-23-12-11-22(15-25(23)32-27)29(36)33-24-14-18-3-5-19(24)6-4-18/h2,7-13,15-16,18-19,24H,3-6,14H2,1H3,(H,31,32)(H,33,36)(H,30,34,35). The topological polar surface area (TPSA) is 99.8 Å². The Labute approximate surface area is 209 Å². The Morgan fingerprint density at radius 1 is 0.917 bits per heavy atom. The van der Waals surface area contributed by atoms with E-state index in [1.807, 2.05) is 43.3 Å². The van der Waals surface area contributed by atoms with Gasteiger partial charge in [-0.2, -0.15) is 0 Å². The van der Waals surface area contributed by atoms with Crippen LogP contribution >= 0.6 is 0 Å². The van der Waals surface area contributed by atoms with E-state index < -0.39 is 0 Å². The largest absolute Gasteiger partial charge is 0.349 e. The predicted octanol–water partition coefficient (Wildman–Crippen LogP) is 5.49. The smallest absolute Gasteiger partial charge is 0.256 e. The van der Waals surface area contributed by atoms with Crippen LogP contribution in [0.3, 0.4) is 0 Å². The first kappa shape index (κ1) is 22.5. The number of fused-ring (bicyclic) bond motifs is 4. The summed E-state index contributed by atoms with van der Waals surface area (Å²) in [6.45, 7) is 1.95. The van der Waals surface area contributed by atoms with Gasteiger partial charge in [-0.05, 0) is 80.0 Å². The van der Waals surface area contributed by atoms with E-state index in [4.69, 9.17) is 0 Å².